The SMILES string of the molecule is CCCCCCCCC(Cc1ccccc1Br)C(=O)O. The summed E-state index contributed by atoms with van der Waals surface area (Å²) < 4.78 is 1.01. The first-order valence-electron chi connectivity index (χ1n) is 7.61. The molecular weight excluding hydrogens is 316 g/mol. The van der Waals surface area contributed by atoms with E-state index < -0.39 is 5.97 Å². The fourth-order valence-corrected chi connectivity index (χ4v) is 2.86. The molecule has 0 saturated carbocycles. The second-order valence-corrected chi connectivity index (χ2v) is 6.24. The molecule has 0 bridgehead atoms. The number of hydrogen-bond donors (Lipinski definition) is 1. The lowest BCUT2D eigenvalue weighted by Crippen LogP contribution is -2.16. The van der Waals surface area contributed by atoms with Crippen LogP contribution in [0.4, 0.5) is 0 Å². The van der Waals surface area contributed by atoms with Gasteiger partial charge in [0.25, 0.3) is 0 Å². The molecule has 1 N–H and O–H groups in total. The zero-order valence-corrected chi connectivity index (χ0v) is 13.9. The fraction of sp³-hybridized carbons (Fsp3) is 0.588. The first kappa shape index (κ1) is 17.2. The standard InChI is InChI=1S/C17H25BrO2/c1-2-3-4-5-6-7-11-15(17(19)20)13-14-10-8-9-12-16(14)18/h8-10,12,15H,2-7,11,13H2,1H3,(H,19,20). The third kappa shape index (κ3) is 6.56. The van der Waals surface area contributed by atoms with Crippen molar-refractivity contribution in [3.8, 4) is 0 Å². The first-order chi connectivity index (χ1) is 9.65. The molecule has 0 aliphatic carbocycles. The summed E-state index contributed by atoms with van der Waals surface area (Å²) in [6, 6.07) is 7.89. The molecule has 1 atom stereocenters. The van der Waals surface area contributed by atoms with E-state index in [-0.39, 0.29) is 5.92 Å². The van der Waals surface area contributed by atoms with Gasteiger partial charge in [0, 0.05) is 4.47 Å². The van der Waals surface area contributed by atoms with Crippen LogP contribution in [0.25, 0.3) is 0 Å². The third-order valence-electron chi connectivity index (χ3n) is 3.68. The molecule has 20 heavy (non-hydrogen) atoms. The van der Waals surface area contributed by atoms with Gasteiger partial charge in [0.2, 0.25) is 0 Å². The van der Waals surface area contributed by atoms with Crippen molar-refractivity contribution < 1.29 is 9.90 Å². The van der Waals surface area contributed by atoms with Gasteiger partial charge in [-0.1, -0.05) is 79.6 Å². The molecule has 0 heterocycles. The molecule has 1 aromatic rings. The van der Waals surface area contributed by atoms with Crippen molar-refractivity contribution in [2.75, 3.05) is 0 Å². The van der Waals surface area contributed by atoms with E-state index in [9.17, 15) is 9.90 Å². The summed E-state index contributed by atoms with van der Waals surface area (Å²) in [5, 5.41) is 9.35. The maximum absolute atomic E-state index is 11.4. The van der Waals surface area contributed by atoms with Crippen molar-refractivity contribution in [3.05, 3.63) is 34.3 Å². The van der Waals surface area contributed by atoms with Crippen LogP contribution in [0.1, 0.15) is 57.4 Å². The van der Waals surface area contributed by atoms with Gasteiger partial charge in [-0.3, -0.25) is 4.79 Å². The lowest BCUT2D eigenvalue weighted by Gasteiger charge is -2.13. The average Bonchev–Trinajstić information content (AvgIpc) is 2.43. The predicted molar refractivity (Wildman–Crippen MR) is 87.0 cm³/mol. The molecule has 0 amide bonds. The minimum Gasteiger partial charge on any atom is -0.481 e. The van der Waals surface area contributed by atoms with Crippen LogP contribution >= 0.6 is 15.9 Å². The Labute approximate surface area is 130 Å². The number of unbranched alkanes of at least 4 members (excludes halogenated alkanes) is 5. The van der Waals surface area contributed by atoms with Gasteiger partial charge >= 0.3 is 5.97 Å². The Kier molecular flexibility index (Phi) is 8.59. The van der Waals surface area contributed by atoms with Crippen LogP contribution in [0.2, 0.25) is 0 Å². The van der Waals surface area contributed by atoms with Crippen LogP contribution in [0.3, 0.4) is 0 Å². The summed E-state index contributed by atoms with van der Waals surface area (Å²) in [6.45, 7) is 2.21. The van der Waals surface area contributed by atoms with Crippen molar-refractivity contribution >= 4 is 21.9 Å². The van der Waals surface area contributed by atoms with E-state index in [0.29, 0.717) is 6.42 Å². The van der Waals surface area contributed by atoms with Crippen LogP contribution in [0, 0.1) is 5.92 Å². The molecule has 3 heteroatoms. The van der Waals surface area contributed by atoms with E-state index in [1.807, 2.05) is 24.3 Å². The van der Waals surface area contributed by atoms with E-state index in [4.69, 9.17) is 0 Å². The van der Waals surface area contributed by atoms with E-state index in [0.717, 1.165) is 29.3 Å². The summed E-state index contributed by atoms with van der Waals surface area (Å²) in [4.78, 5) is 11.4. The molecule has 0 radical (unpaired) electrons. The lowest BCUT2D eigenvalue weighted by molar-refractivity contribution is -0.142. The van der Waals surface area contributed by atoms with E-state index >= 15 is 0 Å². The normalized spacial score (nSPS) is 12.3. The topological polar surface area (TPSA) is 37.3 Å². The highest BCUT2D eigenvalue weighted by Crippen LogP contribution is 2.23. The molecule has 0 fully saturated rings. The molecule has 1 aromatic carbocycles. The summed E-state index contributed by atoms with van der Waals surface area (Å²) in [6.07, 6.45) is 8.62. The van der Waals surface area contributed by atoms with Crippen molar-refractivity contribution in [1.29, 1.82) is 0 Å². The highest BCUT2D eigenvalue weighted by molar-refractivity contribution is 9.10. The number of rotatable bonds is 10. The van der Waals surface area contributed by atoms with Crippen molar-refractivity contribution in [1.82, 2.24) is 0 Å². The van der Waals surface area contributed by atoms with Crippen LogP contribution in [0.15, 0.2) is 28.7 Å². The van der Waals surface area contributed by atoms with Crippen molar-refractivity contribution in [2.45, 2.75) is 58.3 Å². The monoisotopic (exact) mass is 340 g/mol. The van der Waals surface area contributed by atoms with Crippen LogP contribution in [-0.2, 0) is 11.2 Å². The van der Waals surface area contributed by atoms with Gasteiger partial charge in [-0.05, 0) is 24.5 Å². The summed E-state index contributed by atoms with van der Waals surface area (Å²) in [5.74, 6) is -0.936. The maximum Gasteiger partial charge on any atom is 0.306 e. The zero-order valence-electron chi connectivity index (χ0n) is 12.3. The van der Waals surface area contributed by atoms with Crippen LogP contribution in [0.5, 0.6) is 0 Å². The number of aliphatic carboxylic acids is 1. The predicted octanol–water partition coefficient (Wildman–Crippen LogP) is 5.44. The van der Waals surface area contributed by atoms with Gasteiger partial charge < -0.3 is 5.11 Å². The largest absolute Gasteiger partial charge is 0.481 e. The van der Waals surface area contributed by atoms with Gasteiger partial charge in [-0.2, -0.15) is 0 Å². The minimum atomic E-state index is -0.672. The summed E-state index contributed by atoms with van der Waals surface area (Å²) >= 11 is 3.49. The quantitative estimate of drug-likeness (QED) is 0.575. The van der Waals surface area contributed by atoms with Crippen LogP contribution in [-0.4, -0.2) is 11.1 Å². The molecule has 2 nitrogen and oxygen atoms in total. The number of benzene rings is 1. The minimum absolute atomic E-state index is 0.264. The smallest absolute Gasteiger partial charge is 0.306 e. The summed E-state index contributed by atoms with van der Waals surface area (Å²) in [7, 11) is 0. The number of carboxylic acids is 1. The van der Waals surface area contributed by atoms with Crippen molar-refractivity contribution in [3.63, 3.8) is 0 Å². The Hall–Kier alpha value is -0.830. The Bertz CT molecular complexity index is 404. The second kappa shape index (κ2) is 9.98. The molecule has 1 unspecified atom stereocenters. The number of hydrogen-bond acceptors (Lipinski definition) is 1. The van der Waals surface area contributed by atoms with Gasteiger partial charge in [0.05, 0.1) is 5.92 Å². The van der Waals surface area contributed by atoms with Crippen LogP contribution < -0.4 is 0 Å². The number of halogens is 1. The Morgan fingerprint density at radius 2 is 1.80 bits per heavy atom. The first-order valence-corrected chi connectivity index (χ1v) is 8.40. The number of carboxylic acid groups (broad SMARTS) is 1. The number of carbonyl (C=O) groups is 1. The third-order valence-corrected chi connectivity index (χ3v) is 4.45. The molecular formula is C17H25BrO2. The molecule has 0 aliphatic heterocycles. The molecule has 1 rings (SSSR count). The highest BCUT2D eigenvalue weighted by atomic mass is 79.9. The Balaban J connectivity index is 2.38. The Morgan fingerprint density at radius 3 is 2.45 bits per heavy atom. The van der Waals surface area contributed by atoms with Gasteiger partial charge in [-0.15, -0.1) is 0 Å². The second-order valence-electron chi connectivity index (χ2n) is 5.39. The lowest BCUT2D eigenvalue weighted by atomic mass is 9.93. The highest BCUT2D eigenvalue weighted by Gasteiger charge is 2.18. The molecule has 0 aromatic heterocycles. The zero-order chi connectivity index (χ0) is 14.8. The molecule has 0 spiro atoms. The van der Waals surface area contributed by atoms with E-state index in [1.165, 1.54) is 25.7 Å². The van der Waals surface area contributed by atoms with Gasteiger partial charge in [-0.25, -0.2) is 0 Å². The molecule has 0 aliphatic rings. The van der Waals surface area contributed by atoms with Gasteiger partial charge in [0.1, 0.15) is 0 Å². The van der Waals surface area contributed by atoms with Gasteiger partial charge in [0.15, 0.2) is 0 Å². The molecule has 112 valence electrons. The maximum atomic E-state index is 11.4. The van der Waals surface area contributed by atoms with Crippen molar-refractivity contribution in [2.24, 2.45) is 5.92 Å². The summed E-state index contributed by atoms with van der Waals surface area (Å²) in [5.41, 5.74) is 1.09. The average molecular weight is 341 g/mol. The molecule has 0 saturated heterocycles. The van der Waals surface area contributed by atoms with E-state index in [1.54, 1.807) is 0 Å². The Morgan fingerprint density at radius 1 is 1.15 bits per heavy atom. The fourth-order valence-electron chi connectivity index (χ4n) is 2.41. The van der Waals surface area contributed by atoms with E-state index in [2.05, 4.69) is 22.9 Å².